The Morgan fingerprint density at radius 1 is 1.32 bits per heavy atom. The molecule has 1 fully saturated rings. The van der Waals surface area contributed by atoms with Crippen LogP contribution in [-0.2, 0) is 22.6 Å². The van der Waals surface area contributed by atoms with Gasteiger partial charge in [-0.3, -0.25) is 23.9 Å². The van der Waals surface area contributed by atoms with E-state index in [9.17, 15) is 28.7 Å². The van der Waals surface area contributed by atoms with Crippen molar-refractivity contribution in [3.63, 3.8) is 0 Å². The first-order valence-corrected chi connectivity index (χ1v) is 13.0. The van der Waals surface area contributed by atoms with E-state index in [0.717, 1.165) is 23.6 Å². The molecule has 3 aromatic heterocycles. The standard InChI is InChI=1S/C26H29ClFN7O5/c1-34(2)21(36)6-4-3-5-16(31-26(39)40)24(37)30-17-9-10-19(27)35(25(17)38)13-20-32-22-15(28)12-29-18(23(22)33-20)11-14-7-8-14/h4,6,9-10,12,14,16,31H,3,5,7-8,11,13H2,1-2H3,(H,30,37)(H,32,33)(H,39,40)/b6-4+. The Morgan fingerprint density at radius 3 is 2.75 bits per heavy atom. The van der Waals surface area contributed by atoms with E-state index in [1.807, 2.05) is 0 Å². The minimum Gasteiger partial charge on any atom is -0.465 e. The fourth-order valence-electron chi connectivity index (χ4n) is 4.07. The Labute approximate surface area is 233 Å². The summed E-state index contributed by atoms with van der Waals surface area (Å²) in [6.07, 6.45) is 5.73. The van der Waals surface area contributed by atoms with Crippen molar-refractivity contribution in [2.75, 3.05) is 19.4 Å². The molecule has 3 aromatic rings. The Morgan fingerprint density at radius 2 is 2.08 bits per heavy atom. The van der Waals surface area contributed by atoms with Gasteiger partial charge < -0.3 is 25.6 Å². The summed E-state index contributed by atoms with van der Waals surface area (Å²) in [7, 11) is 3.17. The summed E-state index contributed by atoms with van der Waals surface area (Å²) in [5.41, 5.74) is 0.500. The maximum absolute atomic E-state index is 14.4. The van der Waals surface area contributed by atoms with Crippen LogP contribution < -0.4 is 16.2 Å². The van der Waals surface area contributed by atoms with Crippen molar-refractivity contribution in [3.8, 4) is 0 Å². The highest BCUT2D eigenvalue weighted by Crippen LogP contribution is 2.33. The number of amides is 3. The monoisotopic (exact) mass is 573 g/mol. The number of carbonyl (C=O) groups is 3. The van der Waals surface area contributed by atoms with E-state index in [4.69, 9.17) is 11.6 Å². The van der Waals surface area contributed by atoms with E-state index in [0.29, 0.717) is 23.5 Å². The van der Waals surface area contributed by atoms with Crippen molar-refractivity contribution in [2.45, 2.75) is 44.7 Å². The number of hydrogen-bond acceptors (Lipinski definition) is 6. The van der Waals surface area contributed by atoms with Gasteiger partial charge in [0.1, 0.15) is 28.2 Å². The molecule has 1 atom stereocenters. The average Bonchev–Trinajstić information content (AvgIpc) is 3.61. The van der Waals surface area contributed by atoms with Crippen LogP contribution in [0.3, 0.4) is 0 Å². The number of H-pyrrole nitrogens is 1. The molecule has 0 bridgehead atoms. The number of imidazole rings is 1. The van der Waals surface area contributed by atoms with Gasteiger partial charge in [-0.25, -0.2) is 14.2 Å². The summed E-state index contributed by atoms with van der Waals surface area (Å²) in [6, 6.07) is 1.51. The number of likely N-dealkylation sites (N-methyl/N-ethyl adjacent to an activating group) is 1. The van der Waals surface area contributed by atoms with Crippen LogP contribution in [-0.4, -0.2) is 67.6 Å². The van der Waals surface area contributed by atoms with Gasteiger partial charge in [0.05, 0.1) is 24.0 Å². The van der Waals surface area contributed by atoms with Crippen LogP contribution >= 0.6 is 11.6 Å². The average molecular weight is 574 g/mol. The molecule has 40 heavy (non-hydrogen) atoms. The number of pyridine rings is 2. The summed E-state index contributed by atoms with van der Waals surface area (Å²) in [4.78, 5) is 62.0. The van der Waals surface area contributed by atoms with Crippen LogP contribution in [0.2, 0.25) is 5.15 Å². The van der Waals surface area contributed by atoms with Crippen LogP contribution in [0.4, 0.5) is 14.9 Å². The molecule has 12 nitrogen and oxygen atoms in total. The number of fused-ring (bicyclic) bond motifs is 1. The first-order chi connectivity index (χ1) is 19.0. The number of aromatic nitrogens is 4. The highest BCUT2D eigenvalue weighted by molar-refractivity contribution is 6.29. The lowest BCUT2D eigenvalue weighted by atomic mass is 10.1. The Hall–Kier alpha value is -4.26. The molecule has 0 aromatic carbocycles. The predicted molar refractivity (Wildman–Crippen MR) is 146 cm³/mol. The SMILES string of the molecule is CN(C)C(=O)/C=C/CCC(NC(=O)O)C(=O)Nc1ccc(Cl)n(Cc2nc3c(F)cnc(CC4CC4)c3[nH]2)c1=O. The minimum atomic E-state index is -1.42. The number of carbonyl (C=O) groups excluding carboxylic acids is 2. The fraction of sp³-hybridized carbons (Fsp3) is 0.385. The van der Waals surface area contributed by atoms with Crippen molar-refractivity contribution in [2.24, 2.45) is 5.92 Å². The van der Waals surface area contributed by atoms with E-state index < -0.39 is 29.4 Å². The normalized spacial score (nSPS) is 13.9. The molecule has 1 unspecified atom stereocenters. The first kappa shape index (κ1) is 28.7. The van der Waals surface area contributed by atoms with Gasteiger partial charge in [-0.1, -0.05) is 17.7 Å². The second-order valence-corrected chi connectivity index (χ2v) is 10.2. The van der Waals surface area contributed by atoms with Crippen molar-refractivity contribution in [3.05, 3.63) is 63.3 Å². The molecule has 4 N–H and O–H groups in total. The molecule has 3 heterocycles. The van der Waals surface area contributed by atoms with Gasteiger partial charge in [0.25, 0.3) is 5.56 Å². The molecule has 1 aliphatic carbocycles. The number of halogens is 2. The third-order valence-corrected chi connectivity index (χ3v) is 6.73. The highest BCUT2D eigenvalue weighted by Gasteiger charge is 2.25. The molecular weight excluding hydrogens is 545 g/mol. The van der Waals surface area contributed by atoms with E-state index in [-0.39, 0.29) is 47.5 Å². The van der Waals surface area contributed by atoms with Crippen molar-refractivity contribution in [1.29, 1.82) is 0 Å². The lowest BCUT2D eigenvalue weighted by molar-refractivity contribution is -0.123. The molecule has 0 saturated heterocycles. The van der Waals surface area contributed by atoms with E-state index in [1.165, 1.54) is 29.2 Å². The van der Waals surface area contributed by atoms with E-state index >= 15 is 0 Å². The minimum absolute atomic E-state index is 0.0406. The summed E-state index contributed by atoms with van der Waals surface area (Å²) >= 11 is 6.28. The topological polar surface area (TPSA) is 162 Å². The molecule has 212 valence electrons. The molecule has 1 aliphatic rings. The van der Waals surface area contributed by atoms with Crippen LogP contribution in [0.25, 0.3) is 11.0 Å². The van der Waals surface area contributed by atoms with Gasteiger partial charge in [0.2, 0.25) is 11.8 Å². The number of allylic oxidation sites excluding steroid dienone is 1. The lowest BCUT2D eigenvalue weighted by Gasteiger charge is -2.17. The number of rotatable bonds is 11. The van der Waals surface area contributed by atoms with Gasteiger partial charge in [-0.05, 0) is 56.2 Å². The smallest absolute Gasteiger partial charge is 0.405 e. The van der Waals surface area contributed by atoms with Crippen LogP contribution in [0.5, 0.6) is 0 Å². The van der Waals surface area contributed by atoms with Gasteiger partial charge in [-0.15, -0.1) is 0 Å². The second-order valence-electron chi connectivity index (χ2n) is 9.77. The number of nitrogens with one attached hydrogen (secondary N) is 3. The van der Waals surface area contributed by atoms with Crippen molar-refractivity contribution < 1.29 is 23.9 Å². The van der Waals surface area contributed by atoms with Gasteiger partial charge in [0.15, 0.2) is 5.82 Å². The van der Waals surface area contributed by atoms with E-state index in [1.54, 1.807) is 14.1 Å². The van der Waals surface area contributed by atoms with Gasteiger partial charge in [0, 0.05) is 14.1 Å². The van der Waals surface area contributed by atoms with Crippen LogP contribution in [0, 0.1) is 11.7 Å². The maximum Gasteiger partial charge on any atom is 0.405 e. The maximum atomic E-state index is 14.4. The predicted octanol–water partition coefficient (Wildman–Crippen LogP) is 2.91. The third kappa shape index (κ3) is 7.03. The third-order valence-electron chi connectivity index (χ3n) is 6.40. The van der Waals surface area contributed by atoms with Crippen molar-refractivity contribution >= 4 is 46.2 Å². The Kier molecular flexibility index (Phi) is 8.83. The zero-order valence-electron chi connectivity index (χ0n) is 21.9. The Balaban J connectivity index is 1.52. The van der Waals surface area contributed by atoms with Gasteiger partial charge >= 0.3 is 6.09 Å². The highest BCUT2D eigenvalue weighted by atomic mass is 35.5. The summed E-state index contributed by atoms with van der Waals surface area (Å²) < 4.78 is 15.6. The summed E-state index contributed by atoms with van der Waals surface area (Å²) in [5.74, 6) is -0.814. The van der Waals surface area contributed by atoms with Crippen LogP contribution in [0.1, 0.15) is 37.2 Å². The van der Waals surface area contributed by atoms with Gasteiger partial charge in [-0.2, -0.15) is 0 Å². The number of aromatic amines is 1. The molecule has 4 rings (SSSR count). The molecule has 14 heteroatoms. The number of carboxylic acid groups (broad SMARTS) is 1. The molecule has 0 radical (unpaired) electrons. The molecule has 0 spiro atoms. The van der Waals surface area contributed by atoms with Crippen molar-refractivity contribution in [1.82, 2.24) is 29.7 Å². The van der Waals surface area contributed by atoms with Crippen LogP contribution in [0.15, 0.2) is 35.3 Å². The summed E-state index contributed by atoms with van der Waals surface area (Å²) in [6.45, 7) is -0.139. The number of anilines is 1. The number of nitrogens with zero attached hydrogens (tertiary/aromatic N) is 4. The molecule has 1 saturated carbocycles. The largest absolute Gasteiger partial charge is 0.465 e. The Bertz CT molecular complexity index is 1530. The number of hydrogen-bond donors (Lipinski definition) is 4. The zero-order valence-corrected chi connectivity index (χ0v) is 22.7. The fourth-order valence-corrected chi connectivity index (χ4v) is 4.27. The second kappa shape index (κ2) is 12.3. The quantitative estimate of drug-likeness (QED) is 0.202. The zero-order chi connectivity index (χ0) is 29.0. The summed E-state index contributed by atoms with van der Waals surface area (Å²) in [5, 5.41) is 13.8. The first-order valence-electron chi connectivity index (χ1n) is 12.6. The lowest BCUT2D eigenvalue weighted by Crippen LogP contribution is -2.44. The molecule has 0 aliphatic heterocycles. The van der Waals surface area contributed by atoms with E-state index in [2.05, 4.69) is 25.6 Å². The molecular formula is C26H29ClFN7O5. The molecule has 3 amide bonds.